The highest BCUT2D eigenvalue weighted by molar-refractivity contribution is 8.03. The normalized spacial score (nSPS) is 10.6. The van der Waals surface area contributed by atoms with E-state index >= 15 is 0 Å². The Hall–Kier alpha value is -2.36. The largest absolute Gasteiger partial charge is 0.325 e. The fourth-order valence-electron chi connectivity index (χ4n) is 2.64. The van der Waals surface area contributed by atoms with Gasteiger partial charge < -0.3 is 10.6 Å². The lowest BCUT2D eigenvalue weighted by atomic mass is 10.1. The van der Waals surface area contributed by atoms with Gasteiger partial charge in [-0.3, -0.25) is 9.59 Å². The first-order valence-corrected chi connectivity index (χ1v) is 12.7. The lowest BCUT2D eigenvalue weighted by molar-refractivity contribution is -0.113. The Morgan fingerprint density at radius 1 is 1.00 bits per heavy atom. The van der Waals surface area contributed by atoms with Crippen LogP contribution in [0.25, 0.3) is 0 Å². The van der Waals surface area contributed by atoms with E-state index in [1.807, 2.05) is 31.2 Å². The Bertz CT molecular complexity index is 1040. The summed E-state index contributed by atoms with van der Waals surface area (Å²) in [5.41, 5.74) is 2.66. The highest BCUT2D eigenvalue weighted by Crippen LogP contribution is 2.29. The van der Waals surface area contributed by atoms with E-state index in [9.17, 15) is 9.59 Å². The van der Waals surface area contributed by atoms with Gasteiger partial charge in [0.2, 0.25) is 5.91 Å². The number of thioether (sulfide) groups is 2. The molecule has 162 valence electrons. The summed E-state index contributed by atoms with van der Waals surface area (Å²) in [5, 5.41) is 14.0. The third kappa shape index (κ3) is 7.37. The molecule has 6 nitrogen and oxygen atoms in total. The van der Waals surface area contributed by atoms with E-state index in [0.717, 1.165) is 32.8 Å². The van der Waals surface area contributed by atoms with E-state index in [4.69, 9.17) is 0 Å². The number of nitrogens with one attached hydrogen (secondary N) is 2. The van der Waals surface area contributed by atoms with Gasteiger partial charge in [0.1, 0.15) is 0 Å². The number of amides is 2. The molecule has 0 unspecified atom stereocenters. The van der Waals surface area contributed by atoms with Gasteiger partial charge in [-0.2, -0.15) is 0 Å². The van der Waals surface area contributed by atoms with Gasteiger partial charge in [0, 0.05) is 11.4 Å². The molecule has 1 heterocycles. The number of carbonyl (C=O) groups is 2. The Morgan fingerprint density at radius 2 is 1.77 bits per heavy atom. The molecule has 0 bridgehead atoms. The van der Waals surface area contributed by atoms with Gasteiger partial charge in [-0.25, -0.2) is 0 Å². The molecule has 2 aromatic carbocycles. The van der Waals surface area contributed by atoms with Crippen LogP contribution in [0.15, 0.2) is 57.2 Å². The first-order valence-electron chi connectivity index (χ1n) is 9.91. The minimum Gasteiger partial charge on any atom is -0.325 e. The predicted molar refractivity (Wildman–Crippen MR) is 130 cm³/mol. The van der Waals surface area contributed by atoms with Crippen molar-refractivity contribution in [2.75, 3.05) is 22.1 Å². The van der Waals surface area contributed by atoms with Gasteiger partial charge in [-0.15, -0.1) is 10.2 Å². The summed E-state index contributed by atoms with van der Waals surface area (Å²) in [7, 11) is 0. The molecule has 9 heteroatoms. The Morgan fingerprint density at radius 3 is 2.55 bits per heavy atom. The van der Waals surface area contributed by atoms with E-state index in [1.54, 1.807) is 36.0 Å². The van der Waals surface area contributed by atoms with Crippen LogP contribution in [0.1, 0.15) is 35.7 Å². The minimum absolute atomic E-state index is 0.197. The van der Waals surface area contributed by atoms with Crippen molar-refractivity contribution in [3.05, 3.63) is 59.7 Å². The molecule has 3 rings (SSSR count). The number of hydrogen-bond acceptors (Lipinski definition) is 7. The van der Waals surface area contributed by atoms with Crippen molar-refractivity contribution < 1.29 is 9.59 Å². The molecule has 0 atom stereocenters. The molecule has 1 aromatic heterocycles. The Labute approximate surface area is 194 Å². The summed E-state index contributed by atoms with van der Waals surface area (Å²) >= 11 is 4.54. The second kappa shape index (κ2) is 11.9. The quantitative estimate of drug-likeness (QED) is 0.290. The number of rotatable bonds is 10. The van der Waals surface area contributed by atoms with Gasteiger partial charge in [0.15, 0.2) is 8.68 Å². The van der Waals surface area contributed by atoms with E-state index in [-0.39, 0.29) is 17.6 Å². The molecule has 0 fully saturated rings. The summed E-state index contributed by atoms with van der Waals surface area (Å²) in [5.74, 6) is 0.753. The van der Waals surface area contributed by atoms with Crippen molar-refractivity contribution in [1.82, 2.24) is 10.2 Å². The lowest BCUT2D eigenvalue weighted by Crippen LogP contribution is -2.19. The number of carbonyl (C=O) groups excluding carboxylic acids is 2. The maximum atomic E-state index is 12.7. The molecule has 31 heavy (non-hydrogen) atoms. The highest BCUT2D eigenvalue weighted by Gasteiger charge is 2.14. The van der Waals surface area contributed by atoms with Crippen LogP contribution in [0.4, 0.5) is 11.4 Å². The zero-order chi connectivity index (χ0) is 22.1. The summed E-state index contributed by atoms with van der Waals surface area (Å²) in [6.07, 6.45) is 2.30. The number of para-hydroxylation sites is 1. The predicted octanol–water partition coefficient (Wildman–Crippen LogP) is 5.72. The van der Waals surface area contributed by atoms with Gasteiger partial charge >= 0.3 is 0 Å². The first kappa shape index (κ1) is 23.3. The summed E-state index contributed by atoms with van der Waals surface area (Å²) in [6.45, 7) is 4.12. The molecular formula is C22H24N4O2S3. The molecule has 2 N–H and O–H groups in total. The summed E-state index contributed by atoms with van der Waals surface area (Å²) in [6, 6.07) is 14.6. The van der Waals surface area contributed by atoms with Crippen molar-refractivity contribution in [3.8, 4) is 0 Å². The highest BCUT2D eigenvalue weighted by atomic mass is 32.2. The van der Waals surface area contributed by atoms with E-state index < -0.39 is 0 Å². The average Bonchev–Trinajstić information content (AvgIpc) is 3.21. The molecule has 0 aliphatic heterocycles. The molecule has 0 aliphatic carbocycles. The lowest BCUT2D eigenvalue weighted by Gasteiger charge is -2.11. The SMILES string of the molecule is CCCCSc1nnc(SCC(=O)Nc2ccccc2C(=O)Nc2cccc(C)c2)s1. The number of anilines is 2. The number of aromatic nitrogens is 2. The van der Waals surface area contributed by atoms with Crippen LogP contribution in [0.3, 0.4) is 0 Å². The van der Waals surface area contributed by atoms with E-state index in [0.29, 0.717) is 16.9 Å². The zero-order valence-electron chi connectivity index (χ0n) is 17.4. The standard InChI is InChI=1S/C22H24N4O2S3/c1-3-4-12-29-21-25-26-22(31-21)30-14-19(27)24-18-11-6-5-10-17(18)20(28)23-16-9-7-8-15(2)13-16/h5-11,13H,3-4,12,14H2,1-2H3,(H,23,28)(H,24,27). The second-order valence-corrected chi connectivity index (χ2v) is 10.3. The number of benzene rings is 2. The van der Waals surface area contributed by atoms with Crippen molar-refractivity contribution in [2.45, 2.75) is 35.4 Å². The second-order valence-electron chi connectivity index (χ2n) is 6.74. The van der Waals surface area contributed by atoms with Crippen molar-refractivity contribution in [2.24, 2.45) is 0 Å². The van der Waals surface area contributed by atoms with Crippen molar-refractivity contribution in [1.29, 1.82) is 0 Å². The van der Waals surface area contributed by atoms with Gasteiger partial charge in [0.25, 0.3) is 5.91 Å². The van der Waals surface area contributed by atoms with Gasteiger partial charge in [-0.1, -0.05) is 72.5 Å². The average molecular weight is 473 g/mol. The molecular weight excluding hydrogens is 448 g/mol. The minimum atomic E-state index is -0.271. The third-order valence-corrected chi connectivity index (χ3v) is 7.44. The number of aryl methyl sites for hydroxylation is 1. The Balaban J connectivity index is 1.56. The molecule has 3 aromatic rings. The smallest absolute Gasteiger partial charge is 0.257 e. The topological polar surface area (TPSA) is 84.0 Å². The molecule has 0 aliphatic rings. The summed E-state index contributed by atoms with van der Waals surface area (Å²) < 4.78 is 1.69. The van der Waals surface area contributed by atoms with Crippen molar-refractivity contribution in [3.63, 3.8) is 0 Å². The molecule has 0 saturated carbocycles. The van der Waals surface area contributed by atoms with E-state index in [2.05, 4.69) is 27.8 Å². The number of unbranched alkanes of at least 4 members (excludes halogenated alkanes) is 1. The first-order chi connectivity index (χ1) is 15.0. The van der Waals surface area contributed by atoms with Crippen LogP contribution in [-0.2, 0) is 4.79 Å². The van der Waals surface area contributed by atoms with Gasteiger partial charge in [-0.05, 0) is 43.2 Å². The number of hydrogen-bond donors (Lipinski definition) is 2. The maximum absolute atomic E-state index is 12.7. The fraction of sp³-hybridized carbons (Fsp3) is 0.273. The fourth-order valence-corrected chi connectivity index (χ4v) is 5.62. The monoisotopic (exact) mass is 472 g/mol. The van der Waals surface area contributed by atoms with E-state index in [1.165, 1.54) is 23.1 Å². The van der Waals surface area contributed by atoms with Crippen molar-refractivity contribution >= 4 is 58.0 Å². The zero-order valence-corrected chi connectivity index (χ0v) is 19.8. The molecule has 2 amide bonds. The number of nitrogens with zero attached hydrogens (tertiary/aromatic N) is 2. The Kier molecular flexibility index (Phi) is 8.93. The molecule has 0 spiro atoms. The maximum Gasteiger partial charge on any atom is 0.257 e. The van der Waals surface area contributed by atoms with Crippen LogP contribution < -0.4 is 10.6 Å². The van der Waals surface area contributed by atoms with Crippen LogP contribution in [-0.4, -0.2) is 33.5 Å². The van der Waals surface area contributed by atoms with Crippen LogP contribution in [0, 0.1) is 6.92 Å². The van der Waals surface area contributed by atoms with Crippen LogP contribution >= 0.6 is 34.9 Å². The molecule has 0 saturated heterocycles. The summed E-state index contributed by atoms with van der Waals surface area (Å²) in [4.78, 5) is 25.2. The third-order valence-electron chi connectivity index (χ3n) is 4.16. The van der Waals surface area contributed by atoms with Gasteiger partial charge in [0.05, 0.1) is 17.0 Å². The molecule has 0 radical (unpaired) electrons. The van der Waals surface area contributed by atoms with Crippen LogP contribution in [0.2, 0.25) is 0 Å². The van der Waals surface area contributed by atoms with Crippen LogP contribution in [0.5, 0.6) is 0 Å².